The number of aldehydes is 1. The Balaban J connectivity index is 1.67. The van der Waals surface area contributed by atoms with Crippen LogP contribution >= 0.6 is 11.6 Å². The number of nitrogens with zero attached hydrogens (tertiary/aromatic N) is 1. The number of hydrogen-bond donors (Lipinski definition) is 0. The van der Waals surface area contributed by atoms with E-state index in [0.29, 0.717) is 10.7 Å². The molecule has 25 heavy (non-hydrogen) atoms. The van der Waals surface area contributed by atoms with Gasteiger partial charge in [0.15, 0.2) is 6.29 Å². The Morgan fingerprint density at radius 1 is 1.16 bits per heavy atom. The number of benzene rings is 2. The van der Waals surface area contributed by atoms with Gasteiger partial charge in [0, 0.05) is 29.4 Å². The first-order valence-corrected chi connectivity index (χ1v) is 8.47. The first-order valence-electron chi connectivity index (χ1n) is 8.09. The zero-order valence-electron chi connectivity index (χ0n) is 14.0. The molecule has 3 nitrogen and oxygen atoms in total. The van der Waals surface area contributed by atoms with E-state index in [1.807, 2.05) is 53.1 Å². The first kappa shape index (κ1) is 17.1. The Kier molecular flexibility index (Phi) is 5.42. The van der Waals surface area contributed by atoms with Gasteiger partial charge in [0.1, 0.15) is 10.9 Å². The van der Waals surface area contributed by atoms with E-state index in [4.69, 9.17) is 16.3 Å². The molecule has 3 rings (SSSR count). The molecule has 0 saturated heterocycles. The fourth-order valence-electron chi connectivity index (χ4n) is 2.79. The Hall–Kier alpha value is -2.70. The minimum atomic E-state index is 0.499. The molecular weight excluding hydrogens is 334 g/mol. The first-order chi connectivity index (χ1) is 12.2. The van der Waals surface area contributed by atoms with Gasteiger partial charge in [0.2, 0.25) is 0 Å². The van der Waals surface area contributed by atoms with Crippen molar-refractivity contribution in [2.45, 2.75) is 19.4 Å². The predicted molar refractivity (Wildman–Crippen MR) is 101 cm³/mol. The SMILES string of the molecule is COc1ccc(C#CCCCn2c(Cl)c(C=O)c3ccccc32)cc1. The normalized spacial score (nSPS) is 10.3. The zero-order valence-corrected chi connectivity index (χ0v) is 14.7. The number of ether oxygens (including phenoxy) is 1. The molecule has 0 bridgehead atoms. The summed E-state index contributed by atoms with van der Waals surface area (Å²) >= 11 is 6.37. The summed E-state index contributed by atoms with van der Waals surface area (Å²) in [6, 6.07) is 15.5. The second kappa shape index (κ2) is 7.92. The molecule has 0 N–H and O–H groups in total. The van der Waals surface area contributed by atoms with Crippen molar-refractivity contribution in [2.75, 3.05) is 7.11 Å². The average Bonchev–Trinajstić information content (AvgIpc) is 2.93. The van der Waals surface area contributed by atoms with Crippen LogP contribution in [-0.4, -0.2) is 18.0 Å². The molecule has 1 aromatic heterocycles. The Morgan fingerprint density at radius 2 is 1.92 bits per heavy atom. The van der Waals surface area contributed by atoms with Crippen LogP contribution in [0.1, 0.15) is 28.8 Å². The van der Waals surface area contributed by atoms with Crippen molar-refractivity contribution in [3.63, 3.8) is 0 Å². The quantitative estimate of drug-likeness (QED) is 0.370. The van der Waals surface area contributed by atoms with E-state index in [1.165, 1.54) is 0 Å². The summed E-state index contributed by atoms with van der Waals surface area (Å²) in [5, 5.41) is 1.39. The summed E-state index contributed by atoms with van der Waals surface area (Å²) in [4.78, 5) is 11.3. The molecule has 0 fully saturated rings. The lowest BCUT2D eigenvalue weighted by molar-refractivity contribution is 0.112. The van der Waals surface area contributed by atoms with Gasteiger partial charge in [-0.1, -0.05) is 41.6 Å². The summed E-state index contributed by atoms with van der Waals surface area (Å²) < 4.78 is 7.11. The van der Waals surface area contributed by atoms with Crippen molar-refractivity contribution >= 4 is 28.8 Å². The molecule has 0 radical (unpaired) electrons. The minimum absolute atomic E-state index is 0.499. The highest BCUT2D eigenvalue weighted by Crippen LogP contribution is 2.29. The van der Waals surface area contributed by atoms with Crippen LogP contribution in [-0.2, 0) is 6.54 Å². The topological polar surface area (TPSA) is 31.2 Å². The van der Waals surface area contributed by atoms with Gasteiger partial charge in [-0.05, 0) is 36.8 Å². The van der Waals surface area contributed by atoms with Gasteiger partial charge in [-0.2, -0.15) is 0 Å². The molecule has 0 atom stereocenters. The highest BCUT2D eigenvalue weighted by Gasteiger charge is 2.13. The number of unbranched alkanes of at least 4 members (excludes halogenated alkanes) is 1. The Morgan fingerprint density at radius 3 is 2.64 bits per heavy atom. The van der Waals surface area contributed by atoms with E-state index < -0.39 is 0 Å². The number of hydrogen-bond acceptors (Lipinski definition) is 2. The standard InChI is InChI=1S/C21H18ClNO2/c1-25-17-12-10-16(11-13-17)7-3-2-6-14-23-20-9-5-4-8-18(20)19(15-24)21(23)22/h4-5,8-13,15H,2,6,14H2,1H3. The maximum atomic E-state index is 11.3. The summed E-state index contributed by atoms with van der Waals surface area (Å²) in [7, 11) is 1.65. The fraction of sp³-hybridized carbons (Fsp3) is 0.190. The largest absolute Gasteiger partial charge is 0.497 e. The van der Waals surface area contributed by atoms with Crippen LogP contribution in [0.2, 0.25) is 5.15 Å². The zero-order chi connectivity index (χ0) is 17.6. The fourth-order valence-corrected chi connectivity index (χ4v) is 3.12. The number of aryl methyl sites for hydroxylation is 1. The van der Waals surface area contributed by atoms with Crippen LogP contribution in [0.15, 0.2) is 48.5 Å². The molecule has 0 aliphatic carbocycles. The number of fused-ring (bicyclic) bond motifs is 1. The van der Waals surface area contributed by atoms with Gasteiger partial charge >= 0.3 is 0 Å². The van der Waals surface area contributed by atoms with Crippen LogP contribution in [0, 0.1) is 11.8 Å². The molecule has 0 saturated carbocycles. The van der Waals surface area contributed by atoms with Gasteiger partial charge in [0.05, 0.1) is 12.7 Å². The molecule has 0 aliphatic heterocycles. The number of carbonyl (C=O) groups excluding carboxylic acids is 1. The molecule has 0 unspecified atom stereocenters. The molecule has 0 spiro atoms. The molecule has 126 valence electrons. The van der Waals surface area contributed by atoms with E-state index in [2.05, 4.69) is 11.8 Å². The Bertz CT molecular complexity index is 946. The lowest BCUT2D eigenvalue weighted by Crippen LogP contribution is -1.97. The van der Waals surface area contributed by atoms with Crippen LogP contribution in [0.25, 0.3) is 10.9 Å². The van der Waals surface area contributed by atoms with Crippen LogP contribution in [0.4, 0.5) is 0 Å². The highest BCUT2D eigenvalue weighted by atomic mass is 35.5. The summed E-state index contributed by atoms with van der Waals surface area (Å²) in [6.07, 6.45) is 2.44. The van der Waals surface area contributed by atoms with Crippen molar-refractivity contribution in [2.24, 2.45) is 0 Å². The molecule has 3 aromatic rings. The van der Waals surface area contributed by atoms with Crippen molar-refractivity contribution in [3.05, 3.63) is 64.8 Å². The maximum Gasteiger partial charge on any atom is 0.153 e. The number of rotatable bonds is 5. The van der Waals surface area contributed by atoms with Crippen LogP contribution in [0.5, 0.6) is 5.75 Å². The van der Waals surface area contributed by atoms with E-state index in [-0.39, 0.29) is 0 Å². The van der Waals surface area contributed by atoms with Crippen LogP contribution in [0.3, 0.4) is 0 Å². The maximum absolute atomic E-state index is 11.3. The van der Waals surface area contributed by atoms with E-state index in [0.717, 1.165) is 47.9 Å². The second-order valence-corrected chi connectivity index (χ2v) is 5.98. The molecule has 0 amide bonds. The minimum Gasteiger partial charge on any atom is -0.497 e. The highest BCUT2D eigenvalue weighted by molar-refractivity contribution is 6.34. The lowest BCUT2D eigenvalue weighted by Gasteiger charge is -2.05. The van der Waals surface area contributed by atoms with Gasteiger partial charge in [-0.25, -0.2) is 0 Å². The number of aromatic nitrogens is 1. The van der Waals surface area contributed by atoms with Gasteiger partial charge in [0.25, 0.3) is 0 Å². The van der Waals surface area contributed by atoms with Gasteiger partial charge in [-0.3, -0.25) is 4.79 Å². The molecular formula is C21H18ClNO2. The van der Waals surface area contributed by atoms with Crippen molar-refractivity contribution < 1.29 is 9.53 Å². The number of methoxy groups -OCH3 is 1. The summed E-state index contributed by atoms with van der Waals surface area (Å²) in [5.41, 5.74) is 2.51. The monoisotopic (exact) mass is 351 g/mol. The number of para-hydroxylation sites is 1. The third kappa shape index (κ3) is 3.70. The summed E-state index contributed by atoms with van der Waals surface area (Å²) in [6.45, 7) is 0.727. The second-order valence-electron chi connectivity index (χ2n) is 5.62. The Labute approximate surface area is 152 Å². The lowest BCUT2D eigenvalue weighted by atomic mass is 10.2. The van der Waals surface area contributed by atoms with E-state index >= 15 is 0 Å². The average molecular weight is 352 g/mol. The molecule has 2 aromatic carbocycles. The van der Waals surface area contributed by atoms with Crippen molar-refractivity contribution in [1.82, 2.24) is 4.57 Å². The van der Waals surface area contributed by atoms with E-state index in [9.17, 15) is 4.79 Å². The van der Waals surface area contributed by atoms with Gasteiger partial charge in [-0.15, -0.1) is 0 Å². The molecule has 1 heterocycles. The van der Waals surface area contributed by atoms with Gasteiger partial charge < -0.3 is 9.30 Å². The van der Waals surface area contributed by atoms with Crippen molar-refractivity contribution in [1.29, 1.82) is 0 Å². The predicted octanol–water partition coefficient (Wildman–Crippen LogP) is 4.95. The summed E-state index contributed by atoms with van der Waals surface area (Å²) in [5.74, 6) is 7.15. The molecule has 4 heteroatoms. The van der Waals surface area contributed by atoms with E-state index in [1.54, 1.807) is 7.11 Å². The third-order valence-corrected chi connectivity index (χ3v) is 4.48. The van der Waals surface area contributed by atoms with Crippen molar-refractivity contribution in [3.8, 4) is 17.6 Å². The molecule has 0 aliphatic rings. The number of carbonyl (C=O) groups is 1. The number of halogens is 1. The van der Waals surface area contributed by atoms with Crippen LogP contribution < -0.4 is 4.74 Å². The third-order valence-electron chi connectivity index (χ3n) is 4.07. The smallest absolute Gasteiger partial charge is 0.153 e.